The molecule has 2 aromatic heterocycles. The van der Waals surface area contributed by atoms with Crippen LogP contribution in [0, 0.1) is 6.92 Å². The predicted octanol–water partition coefficient (Wildman–Crippen LogP) is 1.25. The van der Waals surface area contributed by atoms with Crippen LogP contribution in [0.3, 0.4) is 0 Å². The van der Waals surface area contributed by atoms with Gasteiger partial charge >= 0.3 is 0 Å². The molecule has 0 aliphatic carbocycles. The molecule has 2 aromatic rings. The van der Waals surface area contributed by atoms with Crippen LogP contribution in [0.25, 0.3) is 0 Å². The number of hydrogen-bond donors (Lipinski definition) is 1. The van der Waals surface area contributed by atoms with Crippen molar-refractivity contribution in [2.75, 3.05) is 5.73 Å². The summed E-state index contributed by atoms with van der Waals surface area (Å²) in [7, 11) is 1.90. The summed E-state index contributed by atoms with van der Waals surface area (Å²) >= 11 is 1.52. The molecule has 0 saturated heterocycles. The van der Waals surface area contributed by atoms with Gasteiger partial charge in [0.25, 0.3) is 0 Å². The van der Waals surface area contributed by atoms with Crippen molar-refractivity contribution in [3.8, 4) is 0 Å². The van der Waals surface area contributed by atoms with E-state index < -0.39 is 0 Å². The Morgan fingerprint density at radius 3 is 2.87 bits per heavy atom. The fourth-order valence-corrected chi connectivity index (χ4v) is 2.09. The molecule has 0 fully saturated rings. The lowest BCUT2D eigenvalue weighted by Crippen LogP contribution is -1.96. The first-order valence-corrected chi connectivity index (χ1v) is 5.24. The lowest BCUT2D eigenvalue weighted by atomic mass is 10.5. The van der Waals surface area contributed by atoms with Gasteiger partial charge in [-0.3, -0.25) is 4.68 Å². The molecule has 0 aromatic carbocycles. The Labute approximate surface area is 91.7 Å². The third-order valence-corrected chi connectivity index (χ3v) is 2.84. The second kappa shape index (κ2) is 3.90. The minimum Gasteiger partial charge on any atom is -0.368 e. The molecular weight excluding hydrogens is 210 g/mol. The molecule has 15 heavy (non-hydrogen) atoms. The molecule has 5 nitrogen and oxygen atoms in total. The molecule has 2 rings (SSSR count). The van der Waals surface area contributed by atoms with Gasteiger partial charge in [-0.25, -0.2) is 9.97 Å². The van der Waals surface area contributed by atoms with E-state index in [1.807, 2.05) is 30.8 Å². The van der Waals surface area contributed by atoms with Crippen LogP contribution in [0.15, 0.2) is 28.4 Å². The zero-order valence-electron chi connectivity index (χ0n) is 8.51. The highest BCUT2D eigenvalue weighted by atomic mass is 32.2. The number of aromatic nitrogens is 4. The standard InChI is InChI=1S/C9H11N5S/c1-6-5-8(14(2)13-6)15-7-3-4-11-9(10)12-7/h3-5H,1-2H3,(H2,10,11,12). The van der Waals surface area contributed by atoms with E-state index in [9.17, 15) is 0 Å². The average molecular weight is 221 g/mol. The third-order valence-electron chi connectivity index (χ3n) is 1.82. The van der Waals surface area contributed by atoms with Crippen LogP contribution in [-0.2, 0) is 7.05 Å². The summed E-state index contributed by atoms with van der Waals surface area (Å²) in [5, 5.41) is 6.11. The summed E-state index contributed by atoms with van der Waals surface area (Å²) < 4.78 is 1.82. The van der Waals surface area contributed by atoms with Gasteiger partial charge in [-0.15, -0.1) is 0 Å². The zero-order valence-corrected chi connectivity index (χ0v) is 9.32. The number of nitrogens with two attached hydrogens (primary N) is 1. The van der Waals surface area contributed by atoms with Crippen LogP contribution in [-0.4, -0.2) is 19.7 Å². The number of hydrogen-bond acceptors (Lipinski definition) is 5. The van der Waals surface area contributed by atoms with Crippen molar-refractivity contribution in [1.29, 1.82) is 0 Å². The fraction of sp³-hybridized carbons (Fsp3) is 0.222. The molecule has 0 saturated carbocycles. The van der Waals surface area contributed by atoms with Crippen molar-refractivity contribution in [1.82, 2.24) is 19.7 Å². The molecule has 78 valence electrons. The minimum atomic E-state index is 0.291. The molecule has 6 heteroatoms. The first kappa shape index (κ1) is 9.97. The highest BCUT2D eigenvalue weighted by Gasteiger charge is 2.05. The van der Waals surface area contributed by atoms with Gasteiger partial charge in [0.1, 0.15) is 10.1 Å². The molecule has 0 spiro atoms. The van der Waals surface area contributed by atoms with Crippen molar-refractivity contribution >= 4 is 17.7 Å². The molecule has 0 radical (unpaired) electrons. The van der Waals surface area contributed by atoms with Gasteiger partial charge in [0, 0.05) is 13.2 Å². The van der Waals surface area contributed by atoms with Gasteiger partial charge < -0.3 is 5.73 Å². The van der Waals surface area contributed by atoms with Crippen LogP contribution in [0.5, 0.6) is 0 Å². The number of rotatable bonds is 2. The maximum Gasteiger partial charge on any atom is 0.221 e. The summed E-state index contributed by atoms with van der Waals surface area (Å²) in [6.45, 7) is 1.96. The van der Waals surface area contributed by atoms with Gasteiger partial charge in [0.05, 0.1) is 5.69 Å². The Bertz CT molecular complexity index is 479. The van der Waals surface area contributed by atoms with Gasteiger partial charge in [0.15, 0.2) is 0 Å². The van der Waals surface area contributed by atoms with E-state index in [4.69, 9.17) is 5.73 Å². The molecular formula is C9H11N5S. The van der Waals surface area contributed by atoms with Gasteiger partial charge in [0.2, 0.25) is 5.95 Å². The summed E-state index contributed by atoms with van der Waals surface area (Å²) in [6.07, 6.45) is 1.65. The smallest absolute Gasteiger partial charge is 0.221 e. The molecule has 2 N–H and O–H groups in total. The topological polar surface area (TPSA) is 69.6 Å². The monoisotopic (exact) mass is 221 g/mol. The molecule has 0 aliphatic rings. The Morgan fingerprint density at radius 1 is 1.47 bits per heavy atom. The van der Waals surface area contributed by atoms with E-state index in [0.717, 1.165) is 15.7 Å². The first-order valence-electron chi connectivity index (χ1n) is 4.42. The lowest BCUT2D eigenvalue weighted by Gasteiger charge is -2.00. The number of aryl methyl sites for hydroxylation is 2. The number of nitrogens with zero attached hydrogens (tertiary/aromatic N) is 4. The van der Waals surface area contributed by atoms with Gasteiger partial charge in [-0.2, -0.15) is 5.10 Å². The molecule has 0 amide bonds. The van der Waals surface area contributed by atoms with E-state index in [1.54, 1.807) is 6.20 Å². The van der Waals surface area contributed by atoms with Crippen molar-refractivity contribution < 1.29 is 0 Å². The summed E-state index contributed by atoms with van der Waals surface area (Å²) in [4.78, 5) is 7.95. The highest BCUT2D eigenvalue weighted by molar-refractivity contribution is 7.99. The Morgan fingerprint density at radius 2 is 2.27 bits per heavy atom. The number of anilines is 1. The largest absolute Gasteiger partial charge is 0.368 e. The van der Waals surface area contributed by atoms with Crippen molar-refractivity contribution in [3.05, 3.63) is 24.0 Å². The first-order chi connectivity index (χ1) is 7.15. The van der Waals surface area contributed by atoms with E-state index in [2.05, 4.69) is 15.1 Å². The van der Waals surface area contributed by atoms with Crippen LogP contribution >= 0.6 is 11.8 Å². The van der Waals surface area contributed by atoms with Crippen LogP contribution in [0.4, 0.5) is 5.95 Å². The zero-order chi connectivity index (χ0) is 10.8. The van der Waals surface area contributed by atoms with E-state index in [1.165, 1.54) is 11.8 Å². The Kier molecular flexibility index (Phi) is 2.59. The fourth-order valence-electron chi connectivity index (χ4n) is 1.20. The average Bonchev–Trinajstić information content (AvgIpc) is 2.45. The van der Waals surface area contributed by atoms with E-state index in [0.29, 0.717) is 5.95 Å². The van der Waals surface area contributed by atoms with Crippen LogP contribution in [0.1, 0.15) is 5.69 Å². The van der Waals surface area contributed by atoms with E-state index in [-0.39, 0.29) is 0 Å². The molecule has 0 unspecified atom stereocenters. The van der Waals surface area contributed by atoms with Crippen molar-refractivity contribution in [2.45, 2.75) is 17.0 Å². The normalized spacial score (nSPS) is 10.5. The summed E-state index contributed by atoms with van der Waals surface area (Å²) in [6, 6.07) is 3.83. The predicted molar refractivity (Wildman–Crippen MR) is 58.5 cm³/mol. The third kappa shape index (κ3) is 2.27. The van der Waals surface area contributed by atoms with Crippen molar-refractivity contribution in [2.24, 2.45) is 7.05 Å². The second-order valence-corrected chi connectivity index (χ2v) is 4.14. The van der Waals surface area contributed by atoms with E-state index >= 15 is 0 Å². The Hall–Kier alpha value is -1.56. The molecule has 2 heterocycles. The van der Waals surface area contributed by atoms with Crippen molar-refractivity contribution in [3.63, 3.8) is 0 Å². The Balaban J connectivity index is 2.25. The maximum absolute atomic E-state index is 5.50. The second-order valence-electron chi connectivity index (χ2n) is 3.10. The summed E-state index contributed by atoms with van der Waals surface area (Å²) in [5.41, 5.74) is 6.49. The lowest BCUT2D eigenvalue weighted by molar-refractivity contribution is 0.692. The highest BCUT2D eigenvalue weighted by Crippen LogP contribution is 2.25. The molecule has 0 atom stereocenters. The quantitative estimate of drug-likeness (QED) is 0.773. The van der Waals surface area contributed by atoms with Gasteiger partial charge in [-0.05, 0) is 19.1 Å². The van der Waals surface area contributed by atoms with Gasteiger partial charge in [-0.1, -0.05) is 11.8 Å². The molecule has 0 bridgehead atoms. The molecule has 0 aliphatic heterocycles. The number of nitrogen functional groups attached to an aromatic ring is 1. The maximum atomic E-state index is 5.50. The summed E-state index contributed by atoms with van der Waals surface area (Å²) in [5.74, 6) is 0.291. The van der Waals surface area contributed by atoms with Crippen LogP contribution < -0.4 is 5.73 Å². The minimum absolute atomic E-state index is 0.291. The van der Waals surface area contributed by atoms with Crippen LogP contribution in [0.2, 0.25) is 0 Å². The SMILES string of the molecule is Cc1cc(Sc2ccnc(N)n2)n(C)n1.